The number of carbonyl (C=O) groups is 2. The predicted molar refractivity (Wildman–Crippen MR) is 123 cm³/mol. The summed E-state index contributed by atoms with van der Waals surface area (Å²) in [5.41, 5.74) is 5.79. The van der Waals surface area contributed by atoms with Crippen molar-refractivity contribution >= 4 is 23.3 Å². The molecule has 3 rings (SSSR count). The first-order chi connectivity index (χ1) is 15.2. The summed E-state index contributed by atoms with van der Waals surface area (Å²) in [5.74, 6) is -0.736. The first-order valence-electron chi connectivity index (χ1n) is 11.0. The molecule has 1 atom stereocenters. The molecular weight excluding hydrogens is 410 g/mol. The Morgan fingerprint density at radius 2 is 1.91 bits per heavy atom. The van der Waals surface area contributed by atoms with Crippen LogP contribution in [0.3, 0.4) is 0 Å². The highest BCUT2D eigenvalue weighted by Gasteiger charge is 2.37. The van der Waals surface area contributed by atoms with E-state index in [9.17, 15) is 19.2 Å². The molecule has 0 saturated carbocycles. The average Bonchev–Trinajstić information content (AvgIpc) is 3.14. The van der Waals surface area contributed by atoms with Gasteiger partial charge in [0, 0.05) is 26.1 Å². The molecule has 1 aliphatic rings. The maximum absolute atomic E-state index is 13.5. The Labute approximate surface area is 186 Å². The van der Waals surface area contributed by atoms with Crippen LogP contribution < -0.4 is 21.9 Å². The largest absolute Gasteiger partial charge is 0.383 e. The third-order valence-corrected chi connectivity index (χ3v) is 5.81. The van der Waals surface area contributed by atoms with Crippen molar-refractivity contribution in [2.75, 3.05) is 30.3 Å². The van der Waals surface area contributed by atoms with Gasteiger partial charge >= 0.3 is 5.69 Å². The van der Waals surface area contributed by atoms with Gasteiger partial charge in [-0.25, -0.2) is 4.79 Å². The molecule has 0 bridgehead atoms. The van der Waals surface area contributed by atoms with E-state index in [0.717, 1.165) is 5.56 Å². The summed E-state index contributed by atoms with van der Waals surface area (Å²) in [4.78, 5) is 56.4. The molecule has 9 nitrogen and oxygen atoms in total. The molecule has 9 heteroatoms. The second kappa shape index (κ2) is 9.84. The lowest BCUT2D eigenvalue weighted by molar-refractivity contribution is -0.128. The highest BCUT2D eigenvalue weighted by Crippen LogP contribution is 2.25. The van der Waals surface area contributed by atoms with Gasteiger partial charge in [-0.1, -0.05) is 44.2 Å². The molecule has 32 heavy (non-hydrogen) atoms. The zero-order valence-corrected chi connectivity index (χ0v) is 18.8. The van der Waals surface area contributed by atoms with Gasteiger partial charge in [0.25, 0.3) is 5.56 Å². The third-order valence-electron chi connectivity index (χ3n) is 5.81. The van der Waals surface area contributed by atoms with Crippen LogP contribution >= 0.6 is 0 Å². The van der Waals surface area contributed by atoms with Gasteiger partial charge in [0.05, 0.1) is 12.5 Å². The number of hydrogen-bond donors (Lipinski definition) is 2. The van der Waals surface area contributed by atoms with E-state index in [-0.39, 0.29) is 48.7 Å². The lowest BCUT2D eigenvalue weighted by Crippen LogP contribution is -2.44. The number of nitrogens with two attached hydrogens (primary N) is 1. The van der Waals surface area contributed by atoms with Gasteiger partial charge in [-0.05, 0) is 24.8 Å². The van der Waals surface area contributed by atoms with Gasteiger partial charge in [-0.3, -0.25) is 23.9 Å². The van der Waals surface area contributed by atoms with Crippen molar-refractivity contribution in [3.05, 3.63) is 56.7 Å². The van der Waals surface area contributed by atoms with Crippen LogP contribution in [0.15, 0.2) is 39.9 Å². The van der Waals surface area contributed by atoms with E-state index in [1.165, 1.54) is 9.47 Å². The quantitative estimate of drug-likeness (QED) is 0.642. The number of likely N-dealkylation sites (tertiary alicyclic amines) is 1. The zero-order valence-electron chi connectivity index (χ0n) is 18.8. The smallest absolute Gasteiger partial charge is 0.330 e. The molecule has 0 spiro atoms. The number of benzene rings is 1. The fraction of sp³-hybridized carbons (Fsp3) is 0.478. The summed E-state index contributed by atoms with van der Waals surface area (Å²) in [6.45, 7) is 7.17. The number of nitrogens with zero attached hydrogens (tertiary/aromatic N) is 3. The average molecular weight is 442 g/mol. The lowest BCUT2D eigenvalue weighted by atomic mass is 10.0. The molecular formula is C23H31N5O4. The van der Waals surface area contributed by atoms with Crippen LogP contribution in [0, 0.1) is 11.8 Å². The number of carbonyl (C=O) groups excluding carboxylic acids is 2. The number of H-pyrrole nitrogens is 1. The molecule has 0 unspecified atom stereocenters. The minimum absolute atomic E-state index is 0.0337. The summed E-state index contributed by atoms with van der Waals surface area (Å²) < 4.78 is 1.26. The number of nitrogen functional groups attached to an aromatic ring is 1. The molecule has 2 amide bonds. The number of anilines is 2. The van der Waals surface area contributed by atoms with E-state index in [4.69, 9.17) is 5.73 Å². The zero-order chi connectivity index (χ0) is 23.4. The number of amides is 2. The standard InChI is InChI=1S/C23H31N5O4/c1-4-26-14-17(12-18(26)29)22(31)27(11-10-15(2)3)19-20(24)28(23(32)25-21(19)30)13-16-8-6-5-7-9-16/h5-9,15,17H,4,10-14,24H2,1-3H3,(H,25,30,32)/t17-/m0/s1. The maximum Gasteiger partial charge on any atom is 0.330 e. The Bertz CT molecular complexity index is 1090. The number of nitrogens with one attached hydrogen (secondary N) is 1. The minimum atomic E-state index is -0.703. The highest BCUT2D eigenvalue weighted by molar-refractivity contribution is 6.00. The van der Waals surface area contributed by atoms with E-state index in [1.807, 2.05) is 51.1 Å². The van der Waals surface area contributed by atoms with Crippen molar-refractivity contribution in [2.45, 2.75) is 40.2 Å². The van der Waals surface area contributed by atoms with Crippen LogP contribution in [0.5, 0.6) is 0 Å². The summed E-state index contributed by atoms with van der Waals surface area (Å²) in [7, 11) is 0. The molecule has 1 aliphatic heterocycles. The Morgan fingerprint density at radius 1 is 1.22 bits per heavy atom. The normalized spacial score (nSPS) is 16.1. The molecule has 172 valence electrons. The second-order valence-corrected chi connectivity index (χ2v) is 8.57. The fourth-order valence-electron chi connectivity index (χ4n) is 3.94. The minimum Gasteiger partial charge on any atom is -0.383 e. The number of aromatic amines is 1. The van der Waals surface area contributed by atoms with Crippen molar-refractivity contribution in [3.63, 3.8) is 0 Å². The van der Waals surface area contributed by atoms with Gasteiger partial charge in [0.1, 0.15) is 5.82 Å². The second-order valence-electron chi connectivity index (χ2n) is 8.57. The predicted octanol–water partition coefficient (Wildman–Crippen LogP) is 1.41. The van der Waals surface area contributed by atoms with Gasteiger partial charge in [-0.15, -0.1) is 0 Å². The van der Waals surface area contributed by atoms with E-state index in [0.29, 0.717) is 19.5 Å². The van der Waals surface area contributed by atoms with Crippen LogP contribution in [-0.2, 0) is 16.1 Å². The molecule has 1 fully saturated rings. The van der Waals surface area contributed by atoms with Crippen LogP contribution in [0.4, 0.5) is 11.5 Å². The SMILES string of the molecule is CCN1C[C@@H](C(=O)N(CCC(C)C)c2c(N)n(Cc3ccccc3)c(=O)[nH]c2=O)CC1=O. The molecule has 2 aromatic rings. The fourth-order valence-corrected chi connectivity index (χ4v) is 3.94. The maximum atomic E-state index is 13.5. The Morgan fingerprint density at radius 3 is 2.50 bits per heavy atom. The molecule has 0 radical (unpaired) electrons. The van der Waals surface area contributed by atoms with Gasteiger partial charge in [-0.2, -0.15) is 0 Å². The third kappa shape index (κ3) is 4.92. The van der Waals surface area contributed by atoms with Gasteiger partial charge in [0.15, 0.2) is 5.69 Å². The summed E-state index contributed by atoms with van der Waals surface area (Å²) in [6, 6.07) is 9.25. The number of aromatic nitrogens is 2. The molecule has 2 heterocycles. The monoisotopic (exact) mass is 441 g/mol. The lowest BCUT2D eigenvalue weighted by Gasteiger charge is -2.27. The van der Waals surface area contributed by atoms with E-state index < -0.39 is 17.2 Å². The van der Waals surface area contributed by atoms with Crippen LogP contribution in [-0.4, -0.2) is 45.9 Å². The molecule has 1 saturated heterocycles. The summed E-state index contributed by atoms with van der Waals surface area (Å²) in [6.07, 6.45) is 0.743. The van der Waals surface area contributed by atoms with Crippen LogP contribution in [0.1, 0.15) is 39.2 Å². The Balaban J connectivity index is 2.03. The molecule has 0 aliphatic carbocycles. The van der Waals surface area contributed by atoms with E-state index in [2.05, 4.69) is 4.98 Å². The summed E-state index contributed by atoms with van der Waals surface area (Å²) in [5, 5.41) is 0. The molecule has 1 aromatic heterocycles. The highest BCUT2D eigenvalue weighted by atomic mass is 16.2. The Hall–Kier alpha value is -3.36. The molecule has 1 aromatic carbocycles. The molecule has 3 N–H and O–H groups in total. The number of hydrogen-bond acceptors (Lipinski definition) is 5. The van der Waals surface area contributed by atoms with Gasteiger partial charge in [0.2, 0.25) is 11.8 Å². The number of rotatable bonds is 8. The van der Waals surface area contributed by atoms with E-state index in [1.54, 1.807) is 4.90 Å². The first kappa shape index (κ1) is 23.3. The Kier molecular flexibility index (Phi) is 7.17. The van der Waals surface area contributed by atoms with Crippen LogP contribution in [0.25, 0.3) is 0 Å². The topological polar surface area (TPSA) is 122 Å². The first-order valence-corrected chi connectivity index (χ1v) is 11.0. The van der Waals surface area contributed by atoms with E-state index >= 15 is 0 Å². The van der Waals surface area contributed by atoms with Crippen molar-refractivity contribution < 1.29 is 9.59 Å². The van der Waals surface area contributed by atoms with Crippen molar-refractivity contribution in [2.24, 2.45) is 11.8 Å². The summed E-state index contributed by atoms with van der Waals surface area (Å²) >= 11 is 0. The van der Waals surface area contributed by atoms with Crippen molar-refractivity contribution in [1.82, 2.24) is 14.5 Å². The van der Waals surface area contributed by atoms with Crippen LogP contribution in [0.2, 0.25) is 0 Å². The van der Waals surface area contributed by atoms with Gasteiger partial charge < -0.3 is 15.5 Å². The van der Waals surface area contributed by atoms with Crippen molar-refractivity contribution in [1.29, 1.82) is 0 Å². The van der Waals surface area contributed by atoms with Crippen molar-refractivity contribution in [3.8, 4) is 0 Å².